The SMILES string of the molecule is CCCCOC(OC)N(c1nc(N(C(OC)OCCCC)C(OC)OCCCC)nc(N(C(OC)OCCCC)C(OC)OCCCC)n1)C(OC)OCCCC. The summed E-state index contributed by atoms with van der Waals surface area (Å²) >= 11 is 0. The van der Waals surface area contributed by atoms with Crippen molar-refractivity contribution in [3.63, 3.8) is 0 Å². The number of methoxy groups -OCH3 is 6. The van der Waals surface area contributed by atoms with Crippen LogP contribution in [0.5, 0.6) is 0 Å². The minimum absolute atomic E-state index is 0.0374. The van der Waals surface area contributed by atoms with Gasteiger partial charge in [-0.25, -0.2) is 14.7 Å². The van der Waals surface area contributed by atoms with Gasteiger partial charge in [-0.3, -0.25) is 0 Å². The van der Waals surface area contributed by atoms with Crippen LogP contribution in [0.2, 0.25) is 0 Å². The monoisotopic (exact) mass is 823 g/mol. The first-order valence-electron chi connectivity index (χ1n) is 20.8. The molecule has 0 amide bonds. The Morgan fingerprint density at radius 1 is 0.316 bits per heavy atom. The molecule has 1 aromatic heterocycles. The molecule has 0 bridgehead atoms. The van der Waals surface area contributed by atoms with E-state index in [1.54, 1.807) is 14.7 Å². The van der Waals surface area contributed by atoms with Crippen LogP contribution >= 0.6 is 0 Å². The second kappa shape index (κ2) is 33.7. The molecule has 0 aliphatic rings. The van der Waals surface area contributed by atoms with Crippen molar-refractivity contribution in [2.75, 3.05) is 97.0 Å². The third kappa shape index (κ3) is 18.8. The van der Waals surface area contributed by atoms with Crippen molar-refractivity contribution in [2.45, 2.75) is 157 Å². The minimum atomic E-state index is -1.07. The Kier molecular flexibility index (Phi) is 31.3. The number of rotatable bonds is 39. The summed E-state index contributed by atoms with van der Waals surface area (Å²) in [7, 11) is 9.17. The summed E-state index contributed by atoms with van der Waals surface area (Å²) in [5.74, 6) is 0.112. The van der Waals surface area contributed by atoms with Crippen molar-refractivity contribution < 1.29 is 56.8 Å². The van der Waals surface area contributed by atoms with Gasteiger partial charge in [-0.1, -0.05) is 80.1 Å². The average molecular weight is 823 g/mol. The first kappa shape index (κ1) is 52.9. The largest absolute Gasteiger partial charge is 0.338 e. The smallest absolute Gasteiger partial charge is 0.246 e. The van der Waals surface area contributed by atoms with Crippen molar-refractivity contribution >= 4 is 17.8 Å². The van der Waals surface area contributed by atoms with Gasteiger partial charge in [0, 0.05) is 42.7 Å². The second-order valence-electron chi connectivity index (χ2n) is 13.1. The van der Waals surface area contributed by atoms with Crippen LogP contribution in [0.3, 0.4) is 0 Å². The lowest BCUT2D eigenvalue weighted by molar-refractivity contribution is -0.196. The Morgan fingerprint density at radius 2 is 0.474 bits per heavy atom. The maximum atomic E-state index is 6.29. The molecule has 0 radical (unpaired) electrons. The summed E-state index contributed by atoms with van der Waals surface area (Å²) in [4.78, 5) is 19.8. The summed E-state index contributed by atoms with van der Waals surface area (Å²) < 4.78 is 73.5. The van der Waals surface area contributed by atoms with Crippen LogP contribution in [0, 0.1) is 0 Å². The highest BCUT2D eigenvalue weighted by Crippen LogP contribution is 2.30. The summed E-state index contributed by atoms with van der Waals surface area (Å²) in [6.07, 6.45) is 3.71. The highest BCUT2D eigenvalue weighted by atomic mass is 16.8. The Balaban J connectivity index is 4.42. The molecule has 0 aliphatic carbocycles. The standard InChI is InChI=1S/C39H78N6O12/c1-13-19-25-52-34(46-7)43(35(47-8)53-26-20-14-2)31-40-32(44(36(48-9)54-27-21-15-3)37(49-10)55-28-22-16-4)42-33(41-31)45(38(50-11)56-29-23-17-5)39(51-12)57-30-24-18-6/h34-39H,13-30H2,1-12H3. The van der Waals surface area contributed by atoms with E-state index < -0.39 is 38.5 Å². The first-order valence-corrected chi connectivity index (χ1v) is 20.8. The molecule has 18 heteroatoms. The van der Waals surface area contributed by atoms with Crippen molar-refractivity contribution in [3.8, 4) is 0 Å². The topological polar surface area (TPSA) is 159 Å². The molecule has 0 N–H and O–H groups in total. The average Bonchev–Trinajstić information content (AvgIpc) is 3.23. The lowest BCUT2D eigenvalue weighted by Crippen LogP contribution is -2.53. The molecular weight excluding hydrogens is 744 g/mol. The van der Waals surface area contributed by atoms with E-state index in [1.807, 2.05) is 0 Å². The predicted molar refractivity (Wildman–Crippen MR) is 217 cm³/mol. The third-order valence-electron chi connectivity index (χ3n) is 8.42. The molecule has 0 aromatic carbocycles. The highest BCUT2D eigenvalue weighted by molar-refractivity contribution is 5.47. The molecule has 18 nitrogen and oxygen atoms in total. The third-order valence-corrected chi connectivity index (χ3v) is 8.42. The van der Waals surface area contributed by atoms with E-state index >= 15 is 0 Å². The fourth-order valence-corrected chi connectivity index (χ4v) is 5.10. The molecule has 0 saturated heterocycles. The molecule has 57 heavy (non-hydrogen) atoms. The van der Waals surface area contributed by atoms with E-state index in [4.69, 9.17) is 71.8 Å². The normalized spacial score (nSPS) is 14.9. The second-order valence-corrected chi connectivity index (χ2v) is 13.1. The van der Waals surface area contributed by atoms with Gasteiger partial charge in [0.15, 0.2) is 0 Å². The molecule has 0 fully saturated rings. The van der Waals surface area contributed by atoms with E-state index in [-0.39, 0.29) is 17.8 Å². The van der Waals surface area contributed by atoms with Crippen molar-refractivity contribution in [3.05, 3.63) is 0 Å². The van der Waals surface area contributed by atoms with Crippen molar-refractivity contribution in [1.29, 1.82) is 0 Å². The quantitative estimate of drug-likeness (QED) is 0.0505. The van der Waals surface area contributed by atoms with Gasteiger partial charge in [-0.05, 0) is 38.5 Å². The maximum Gasteiger partial charge on any atom is 0.246 e. The number of hydrogen-bond donors (Lipinski definition) is 0. The van der Waals surface area contributed by atoms with Gasteiger partial charge in [0.2, 0.25) is 56.3 Å². The van der Waals surface area contributed by atoms with E-state index in [2.05, 4.69) is 41.5 Å². The first-order chi connectivity index (χ1) is 27.8. The van der Waals surface area contributed by atoms with Gasteiger partial charge in [0.1, 0.15) is 0 Å². The van der Waals surface area contributed by atoms with Crippen molar-refractivity contribution in [1.82, 2.24) is 15.0 Å². The van der Waals surface area contributed by atoms with Crippen LogP contribution in [-0.2, 0) is 56.8 Å². The van der Waals surface area contributed by atoms with Gasteiger partial charge in [0.05, 0.1) is 39.6 Å². The van der Waals surface area contributed by atoms with Gasteiger partial charge in [0.25, 0.3) is 0 Å². The number of nitrogens with zero attached hydrogens (tertiary/aromatic N) is 6. The number of anilines is 3. The Hall–Kier alpha value is -2.07. The lowest BCUT2D eigenvalue weighted by Gasteiger charge is -2.39. The number of aromatic nitrogens is 3. The molecular formula is C39H78N6O12. The molecule has 6 unspecified atom stereocenters. The summed E-state index contributed by atoms with van der Waals surface area (Å²) in [5.41, 5.74) is 0. The van der Waals surface area contributed by atoms with Gasteiger partial charge >= 0.3 is 0 Å². The maximum absolute atomic E-state index is 6.29. The Labute approximate surface area is 343 Å². The van der Waals surface area contributed by atoms with Crippen LogP contribution in [0.4, 0.5) is 17.8 Å². The molecule has 1 aromatic rings. The van der Waals surface area contributed by atoms with Crippen molar-refractivity contribution in [2.24, 2.45) is 0 Å². The molecule has 6 atom stereocenters. The molecule has 0 aliphatic heterocycles. The Morgan fingerprint density at radius 3 is 0.596 bits per heavy atom. The van der Waals surface area contributed by atoms with Gasteiger partial charge < -0.3 is 56.8 Å². The molecule has 0 saturated carbocycles. The predicted octanol–water partition coefficient (Wildman–Crippen LogP) is 6.77. The van der Waals surface area contributed by atoms with E-state index in [0.29, 0.717) is 39.6 Å². The van der Waals surface area contributed by atoms with E-state index in [1.165, 1.54) is 42.7 Å². The van der Waals surface area contributed by atoms with E-state index in [0.717, 1.165) is 77.0 Å². The van der Waals surface area contributed by atoms with E-state index in [9.17, 15) is 0 Å². The van der Waals surface area contributed by atoms with Gasteiger partial charge in [-0.15, -0.1) is 0 Å². The molecule has 1 heterocycles. The van der Waals surface area contributed by atoms with Crippen LogP contribution in [0.1, 0.15) is 119 Å². The fourth-order valence-electron chi connectivity index (χ4n) is 5.10. The summed E-state index contributed by atoms with van der Waals surface area (Å²) in [5, 5.41) is 0. The van der Waals surface area contributed by atoms with Crippen LogP contribution in [0.15, 0.2) is 0 Å². The number of ether oxygens (including phenoxy) is 12. The highest BCUT2D eigenvalue weighted by Gasteiger charge is 2.39. The Bertz CT molecular complexity index is 894. The zero-order chi connectivity index (χ0) is 42.3. The minimum Gasteiger partial charge on any atom is -0.338 e. The summed E-state index contributed by atoms with van der Waals surface area (Å²) in [6, 6.07) is 0. The fraction of sp³-hybridized carbons (Fsp3) is 0.923. The number of hydrogen-bond acceptors (Lipinski definition) is 18. The molecule has 336 valence electrons. The van der Waals surface area contributed by atoms with Crippen LogP contribution < -0.4 is 14.7 Å². The lowest BCUT2D eigenvalue weighted by atomic mass is 10.4. The zero-order valence-electron chi connectivity index (χ0n) is 37.3. The molecule has 1 rings (SSSR count). The van der Waals surface area contributed by atoms with Crippen LogP contribution in [-0.4, -0.2) is 136 Å². The van der Waals surface area contributed by atoms with Gasteiger partial charge in [-0.2, -0.15) is 15.0 Å². The summed E-state index contributed by atoms with van der Waals surface area (Å²) in [6.45, 7) is 14.7. The van der Waals surface area contributed by atoms with Crippen LogP contribution in [0.25, 0.3) is 0 Å². The molecule has 0 spiro atoms. The number of unbranched alkanes of at least 4 members (excludes halogenated alkanes) is 6. The zero-order valence-corrected chi connectivity index (χ0v) is 37.3.